The highest BCUT2D eigenvalue weighted by Crippen LogP contribution is 2.22. The number of nitrogen functional groups attached to an aromatic ring is 1. The molecule has 0 fully saturated rings. The number of benzene rings is 1. The van der Waals surface area contributed by atoms with E-state index in [1.807, 2.05) is 31.2 Å². The van der Waals surface area contributed by atoms with Crippen LogP contribution in [0.2, 0.25) is 5.02 Å². The van der Waals surface area contributed by atoms with E-state index >= 15 is 0 Å². The molecule has 0 atom stereocenters. The van der Waals surface area contributed by atoms with Crippen LogP contribution in [-0.4, -0.2) is 15.7 Å². The lowest BCUT2D eigenvalue weighted by molar-refractivity contribution is 0.981. The molecule has 1 heterocycles. The number of aromatic nitrogens is 2. The van der Waals surface area contributed by atoms with Crippen molar-refractivity contribution in [2.24, 2.45) is 0 Å². The van der Waals surface area contributed by atoms with Crippen molar-refractivity contribution in [2.75, 3.05) is 16.8 Å². The largest absolute Gasteiger partial charge is 0.383 e. The van der Waals surface area contributed by atoms with Crippen molar-refractivity contribution in [3.05, 3.63) is 35.4 Å². The zero-order valence-electron chi connectivity index (χ0n) is 9.85. The summed E-state index contributed by atoms with van der Waals surface area (Å²) in [6, 6.07) is 9.13. The van der Waals surface area contributed by atoms with Crippen LogP contribution in [0.15, 0.2) is 35.5 Å². The molecule has 0 spiro atoms. The van der Waals surface area contributed by atoms with Crippen molar-refractivity contribution >= 4 is 40.7 Å². The SMILES string of the molecule is CCSc1nc(N)cc(Nc2cccc(Cl)c2)n1. The van der Waals surface area contributed by atoms with E-state index in [2.05, 4.69) is 15.3 Å². The Morgan fingerprint density at radius 3 is 2.89 bits per heavy atom. The third-order valence-electron chi connectivity index (χ3n) is 2.10. The summed E-state index contributed by atoms with van der Waals surface area (Å²) in [5.41, 5.74) is 6.61. The zero-order valence-corrected chi connectivity index (χ0v) is 11.4. The van der Waals surface area contributed by atoms with E-state index in [-0.39, 0.29) is 0 Å². The van der Waals surface area contributed by atoms with Crippen LogP contribution in [0.1, 0.15) is 6.92 Å². The first-order valence-corrected chi connectivity index (χ1v) is 6.83. The highest BCUT2D eigenvalue weighted by Gasteiger charge is 2.03. The summed E-state index contributed by atoms with van der Waals surface area (Å²) < 4.78 is 0. The maximum Gasteiger partial charge on any atom is 0.191 e. The first-order chi connectivity index (χ1) is 8.67. The monoisotopic (exact) mass is 280 g/mol. The Hall–Kier alpha value is -1.46. The summed E-state index contributed by atoms with van der Waals surface area (Å²) in [5, 5.41) is 4.50. The number of hydrogen-bond donors (Lipinski definition) is 2. The molecule has 2 rings (SSSR count). The van der Waals surface area contributed by atoms with Crippen LogP contribution in [0.25, 0.3) is 0 Å². The molecule has 1 aromatic carbocycles. The maximum absolute atomic E-state index is 5.92. The van der Waals surface area contributed by atoms with Crippen molar-refractivity contribution in [1.29, 1.82) is 0 Å². The Bertz CT molecular complexity index is 547. The number of hydrogen-bond acceptors (Lipinski definition) is 5. The standard InChI is InChI=1S/C12H13ClN4S/c1-2-18-12-16-10(14)7-11(17-12)15-9-5-3-4-8(13)6-9/h3-7H,2H2,1H3,(H3,14,15,16,17). The van der Waals surface area contributed by atoms with Crippen molar-refractivity contribution in [3.8, 4) is 0 Å². The third kappa shape index (κ3) is 3.51. The van der Waals surface area contributed by atoms with Gasteiger partial charge in [-0.15, -0.1) is 0 Å². The van der Waals surface area contributed by atoms with E-state index < -0.39 is 0 Å². The van der Waals surface area contributed by atoms with Crippen molar-refractivity contribution in [3.63, 3.8) is 0 Å². The van der Waals surface area contributed by atoms with Gasteiger partial charge < -0.3 is 11.1 Å². The molecule has 0 amide bonds. The molecule has 2 aromatic rings. The quantitative estimate of drug-likeness (QED) is 0.662. The van der Waals surface area contributed by atoms with Crippen molar-refractivity contribution in [1.82, 2.24) is 9.97 Å². The Kier molecular flexibility index (Phi) is 4.28. The molecule has 6 heteroatoms. The van der Waals surface area contributed by atoms with Gasteiger partial charge in [0.2, 0.25) is 0 Å². The fraction of sp³-hybridized carbons (Fsp3) is 0.167. The predicted octanol–water partition coefficient (Wildman–Crippen LogP) is 3.57. The number of anilines is 3. The molecule has 4 nitrogen and oxygen atoms in total. The second-order valence-electron chi connectivity index (χ2n) is 3.53. The molecule has 0 unspecified atom stereocenters. The number of nitrogens with one attached hydrogen (secondary N) is 1. The van der Waals surface area contributed by atoms with Crippen LogP contribution in [0, 0.1) is 0 Å². The van der Waals surface area contributed by atoms with Gasteiger partial charge in [0.1, 0.15) is 11.6 Å². The van der Waals surface area contributed by atoms with Crippen LogP contribution in [0.4, 0.5) is 17.3 Å². The molecule has 0 aliphatic rings. The summed E-state index contributed by atoms with van der Waals surface area (Å²) in [7, 11) is 0. The Morgan fingerprint density at radius 1 is 1.33 bits per heavy atom. The lowest BCUT2D eigenvalue weighted by atomic mass is 10.3. The summed E-state index contributed by atoms with van der Waals surface area (Å²) in [4.78, 5) is 8.51. The van der Waals surface area contributed by atoms with E-state index in [0.29, 0.717) is 21.8 Å². The Morgan fingerprint density at radius 2 is 2.17 bits per heavy atom. The fourth-order valence-electron chi connectivity index (χ4n) is 1.41. The molecule has 1 aromatic heterocycles. The van der Waals surface area contributed by atoms with Crippen molar-refractivity contribution in [2.45, 2.75) is 12.1 Å². The molecule has 94 valence electrons. The van der Waals surface area contributed by atoms with E-state index in [4.69, 9.17) is 17.3 Å². The van der Waals surface area contributed by atoms with Crippen LogP contribution in [-0.2, 0) is 0 Å². The van der Waals surface area contributed by atoms with Gasteiger partial charge in [-0.2, -0.15) is 0 Å². The molecular weight excluding hydrogens is 268 g/mol. The lowest BCUT2D eigenvalue weighted by Crippen LogP contribution is -2.00. The molecule has 0 aliphatic carbocycles. The van der Waals surface area contributed by atoms with Crippen LogP contribution < -0.4 is 11.1 Å². The zero-order chi connectivity index (χ0) is 13.0. The summed E-state index contributed by atoms with van der Waals surface area (Å²) in [6.07, 6.45) is 0. The van der Waals surface area contributed by atoms with Gasteiger partial charge in [0.25, 0.3) is 0 Å². The van der Waals surface area contributed by atoms with Crippen LogP contribution in [0.3, 0.4) is 0 Å². The van der Waals surface area contributed by atoms with Crippen LogP contribution >= 0.6 is 23.4 Å². The molecular formula is C12H13ClN4S. The van der Waals surface area contributed by atoms with E-state index in [9.17, 15) is 0 Å². The topological polar surface area (TPSA) is 63.8 Å². The number of halogens is 1. The van der Waals surface area contributed by atoms with E-state index in [0.717, 1.165) is 11.4 Å². The Labute approximate surface area is 115 Å². The fourth-order valence-corrected chi connectivity index (χ4v) is 2.20. The molecule has 0 radical (unpaired) electrons. The molecule has 0 aliphatic heterocycles. The van der Waals surface area contributed by atoms with Gasteiger partial charge in [-0.1, -0.05) is 36.4 Å². The number of thioether (sulfide) groups is 1. The van der Waals surface area contributed by atoms with Gasteiger partial charge in [-0.25, -0.2) is 9.97 Å². The number of rotatable bonds is 4. The van der Waals surface area contributed by atoms with Gasteiger partial charge in [0.05, 0.1) is 0 Å². The van der Waals surface area contributed by atoms with Gasteiger partial charge >= 0.3 is 0 Å². The van der Waals surface area contributed by atoms with Gasteiger partial charge in [0.15, 0.2) is 5.16 Å². The molecule has 18 heavy (non-hydrogen) atoms. The summed E-state index contributed by atoms with van der Waals surface area (Å²) in [6.45, 7) is 2.04. The maximum atomic E-state index is 5.92. The highest BCUT2D eigenvalue weighted by molar-refractivity contribution is 7.99. The molecule has 0 bridgehead atoms. The minimum Gasteiger partial charge on any atom is -0.383 e. The average Bonchev–Trinajstić information content (AvgIpc) is 2.28. The summed E-state index contributed by atoms with van der Waals surface area (Å²) >= 11 is 7.47. The van der Waals surface area contributed by atoms with E-state index in [1.165, 1.54) is 0 Å². The summed E-state index contributed by atoms with van der Waals surface area (Å²) in [5.74, 6) is 2.02. The number of nitrogens with zero attached hydrogens (tertiary/aromatic N) is 2. The smallest absolute Gasteiger partial charge is 0.191 e. The molecule has 0 saturated heterocycles. The third-order valence-corrected chi connectivity index (χ3v) is 3.06. The van der Waals surface area contributed by atoms with Crippen LogP contribution in [0.5, 0.6) is 0 Å². The van der Waals surface area contributed by atoms with Gasteiger partial charge in [-0.05, 0) is 24.0 Å². The minimum atomic E-state index is 0.450. The molecule has 3 N–H and O–H groups in total. The van der Waals surface area contributed by atoms with Gasteiger partial charge in [0, 0.05) is 16.8 Å². The van der Waals surface area contributed by atoms with E-state index in [1.54, 1.807) is 17.8 Å². The highest BCUT2D eigenvalue weighted by atomic mass is 35.5. The Balaban J connectivity index is 2.23. The number of nitrogens with two attached hydrogens (primary N) is 1. The minimum absolute atomic E-state index is 0.450. The first kappa shape index (κ1) is 13.0. The normalized spacial score (nSPS) is 10.3. The van der Waals surface area contributed by atoms with Crippen molar-refractivity contribution < 1.29 is 0 Å². The van der Waals surface area contributed by atoms with Gasteiger partial charge in [-0.3, -0.25) is 0 Å². The predicted molar refractivity (Wildman–Crippen MR) is 77.6 cm³/mol. The lowest BCUT2D eigenvalue weighted by Gasteiger charge is -2.08. The average molecular weight is 281 g/mol. The molecule has 0 saturated carbocycles. The first-order valence-electron chi connectivity index (χ1n) is 5.47. The second kappa shape index (κ2) is 5.93. The second-order valence-corrected chi connectivity index (χ2v) is 5.20.